The maximum absolute atomic E-state index is 12.5. The van der Waals surface area contributed by atoms with E-state index in [9.17, 15) is 4.79 Å². The van der Waals surface area contributed by atoms with Gasteiger partial charge in [0.2, 0.25) is 11.8 Å². The predicted octanol–water partition coefficient (Wildman–Crippen LogP) is 7.43. The Bertz CT molecular complexity index is 1330. The number of nitrogens with zero attached hydrogens (tertiary/aromatic N) is 1. The number of carbonyl (C=O) groups is 1. The van der Waals surface area contributed by atoms with Gasteiger partial charge in [0.05, 0.1) is 7.11 Å². The van der Waals surface area contributed by atoms with Crippen LogP contribution in [0.25, 0.3) is 28.6 Å². The predicted molar refractivity (Wildman–Crippen MR) is 137 cm³/mol. The van der Waals surface area contributed by atoms with Crippen molar-refractivity contribution < 1.29 is 13.9 Å². The van der Waals surface area contributed by atoms with E-state index in [2.05, 4.69) is 52.2 Å². The molecule has 0 radical (unpaired) electrons. The smallest absolute Gasteiger partial charge is 0.248 e. The van der Waals surface area contributed by atoms with Crippen LogP contribution >= 0.6 is 15.9 Å². The highest BCUT2D eigenvalue weighted by atomic mass is 79.9. The lowest BCUT2D eigenvalue weighted by Gasteiger charge is -2.07. The number of anilines is 1. The van der Waals surface area contributed by atoms with Crippen molar-refractivity contribution in [3.63, 3.8) is 0 Å². The fourth-order valence-corrected chi connectivity index (χ4v) is 3.90. The lowest BCUT2D eigenvalue weighted by Crippen LogP contribution is -2.07. The van der Waals surface area contributed by atoms with Crippen molar-refractivity contribution in [1.82, 2.24) is 4.98 Å². The van der Waals surface area contributed by atoms with Gasteiger partial charge in [0.25, 0.3) is 0 Å². The third-order valence-corrected chi connectivity index (χ3v) is 6.07. The van der Waals surface area contributed by atoms with Gasteiger partial charge in [-0.2, -0.15) is 0 Å². The number of aromatic nitrogens is 1. The number of methoxy groups -OCH3 is 1. The van der Waals surface area contributed by atoms with Crippen LogP contribution in [0.15, 0.2) is 75.6 Å². The zero-order valence-corrected chi connectivity index (χ0v) is 20.3. The van der Waals surface area contributed by atoms with Crippen LogP contribution in [0.1, 0.15) is 37.3 Å². The molecule has 168 valence electrons. The Hall–Kier alpha value is -3.38. The summed E-state index contributed by atoms with van der Waals surface area (Å²) in [5, 5.41) is 2.89. The molecule has 5 nitrogen and oxygen atoms in total. The molecule has 0 bridgehead atoms. The van der Waals surface area contributed by atoms with E-state index in [4.69, 9.17) is 9.15 Å². The number of amides is 1. The van der Waals surface area contributed by atoms with Gasteiger partial charge in [-0.25, -0.2) is 4.98 Å². The summed E-state index contributed by atoms with van der Waals surface area (Å²) in [6, 6.07) is 19.2. The van der Waals surface area contributed by atoms with Crippen LogP contribution in [0.2, 0.25) is 0 Å². The molecule has 1 aromatic heterocycles. The van der Waals surface area contributed by atoms with Crippen molar-refractivity contribution in [2.24, 2.45) is 0 Å². The molecule has 0 saturated heterocycles. The quantitative estimate of drug-likeness (QED) is 0.265. The first-order valence-electron chi connectivity index (χ1n) is 10.8. The molecule has 0 aliphatic carbocycles. The third-order valence-electron chi connectivity index (χ3n) is 5.58. The SMILES string of the molecule is CCC(C)c1ccc2oc(-c3cccc(NC(=O)C=Cc4cc(Br)ccc4OC)c3)nc2c1. The van der Waals surface area contributed by atoms with Crippen LogP contribution in [0, 0.1) is 0 Å². The number of halogens is 1. The number of ether oxygens (including phenoxy) is 1. The maximum Gasteiger partial charge on any atom is 0.248 e. The van der Waals surface area contributed by atoms with Crippen molar-refractivity contribution in [3.8, 4) is 17.2 Å². The van der Waals surface area contributed by atoms with Crippen molar-refractivity contribution in [2.75, 3.05) is 12.4 Å². The second-order valence-electron chi connectivity index (χ2n) is 7.85. The second kappa shape index (κ2) is 10.0. The van der Waals surface area contributed by atoms with E-state index >= 15 is 0 Å². The van der Waals surface area contributed by atoms with Crippen LogP contribution in [-0.4, -0.2) is 18.0 Å². The summed E-state index contributed by atoms with van der Waals surface area (Å²) in [7, 11) is 1.60. The first-order chi connectivity index (χ1) is 16.0. The van der Waals surface area contributed by atoms with Crippen LogP contribution < -0.4 is 10.1 Å². The molecule has 33 heavy (non-hydrogen) atoms. The molecule has 4 aromatic rings. The number of hydrogen-bond donors (Lipinski definition) is 1. The average Bonchev–Trinajstić information content (AvgIpc) is 3.26. The summed E-state index contributed by atoms with van der Waals surface area (Å²) < 4.78 is 12.2. The van der Waals surface area contributed by atoms with Gasteiger partial charge in [-0.05, 0) is 72.5 Å². The summed E-state index contributed by atoms with van der Waals surface area (Å²) in [5.41, 5.74) is 5.09. The number of fused-ring (bicyclic) bond motifs is 1. The van der Waals surface area contributed by atoms with Gasteiger partial charge in [0.15, 0.2) is 5.58 Å². The van der Waals surface area contributed by atoms with Gasteiger partial charge in [0.1, 0.15) is 11.3 Å². The Morgan fingerprint density at radius 2 is 2.03 bits per heavy atom. The number of carbonyl (C=O) groups excluding carboxylic acids is 1. The summed E-state index contributed by atoms with van der Waals surface area (Å²) in [6.07, 6.45) is 4.27. The molecule has 0 aliphatic heterocycles. The van der Waals surface area contributed by atoms with Gasteiger partial charge < -0.3 is 14.5 Å². The van der Waals surface area contributed by atoms with E-state index in [1.165, 1.54) is 11.6 Å². The fourth-order valence-electron chi connectivity index (χ4n) is 3.52. The van der Waals surface area contributed by atoms with E-state index in [-0.39, 0.29) is 5.91 Å². The Balaban J connectivity index is 1.52. The van der Waals surface area contributed by atoms with Crippen LogP contribution in [0.4, 0.5) is 5.69 Å². The minimum Gasteiger partial charge on any atom is -0.496 e. The number of oxazole rings is 1. The van der Waals surface area contributed by atoms with E-state index in [0.717, 1.165) is 33.1 Å². The Labute approximate surface area is 201 Å². The van der Waals surface area contributed by atoms with Crippen molar-refractivity contribution in [2.45, 2.75) is 26.2 Å². The summed E-state index contributed by atoms with van der Waals surface area (Å²) in [6.45, 7) is 4.38. The van der Waals surface area contributed by atoms with Crippen LogP contribution in [0.3, 0.4) is 0 Å². The number of nitrogens with one attached hydrogen (secondary N) is 1. The minimum absolute atomic E-state index is 0.245. The standard InChI is InChI=1S/C27H25BrN2O3/c1-4-17(2)18-8-11-25-23(16-18)30-27(33-25)20-6-5-7-22(15-20)29-26(31)13-9-19-14-21(28)10-12-24(19)32-3/h5-17H,4H2,1-3H3,(H,29,31). The van der Waals surface area contributed by atoms with Gasteiger partial charge >= 0.3 is 0 Å². The first-order valence-corrected chi connectivity index (χ1v) is 11.6. The highest BCUT2D eigenvalue weighted by Crippen LogP contribution is 2.29. The monoisotopic (exact) mass is 504 g/mol. The number of hydrogen-bond acceptors (Lipinski definition) is 4. The minimum atomic E-state index is -0.245. The summed E-state index contributed by atoms with van der Waals surface area (Å²) in [4.78, 5) is 17.2. The number of rotatable bonds is 7. The zero-order valence-electron chi connectivity index (χ0n) is 18.8. The molecular weight excluding hydrogens is 480 g/mol. The number of benzene rings is 3. The summed E-state index contributed by atoms with van der Waals surface area (Å²) in [5.74, 6) is 1.44. The van der Waals surface area contributed by atoms with Crippen molar-refractivity contribution in [1.29, 1.82) is 0 Å². The molecule has 1 N–H and O–H groups in total. The zero-order chi connectivity index (χ0) is 23.4. The Morgan fingerprint density at radius 1 is 1.18 bits per heavy atom. The largest absolute Gasteiger partial charge is 0.496 e. The maximum atomic E-state index is 12.5. The van der Waals surface area contributed by atoms with Crippen LogP contribution in [-0.2, 0) is 4.79 Å². The van der Waals surface area contributed by atoms with Gasteiger partial charge in [-0.3, -0.25) is 4.79 Å². The normalized spacial score (nSPS) is 12.2. The molecule has 4 rings (SSSR count). The Kier molecular flexibility index (Phi) is 6.94. The highest BCUT2D eigenvalue weighted by Gasteiger charge is 2.12. The first kappa shape index (κ1) is 22.8. The average molecular weight is 505 g/mol. The van der Waals surface area contributed by atoms with Gasteiger partial charge in [-0.15, -0.1) is 0 Å². The molecule has 0 aliphatic rings. The highest BCUT2D eigenvalue weighted by molar-refractivity contribution is 9.10. The second-order valence-corrected chi connectivity index (χ2v) is 8.76. The molecule has 3 aromatic carbocycles. The van der Waals surface area contributed by atoms with E-state index in [1.54, 1.807) is 13.2 Å². The van der Waals surface area contributed by atoms with E-state index < -0.39 is 0 Å². The van der Waals surface area contributed by atoms with Gasteiger partial charge in [0, 0.05) is 27.4 Å². The van der Waals surface area contributed by atoms with Crippen molar-refractivity contribution >= 4 is 44.7 Å². The van der Waals surface area contributed by atoms with Crippen molar-refractivity contribution in [3.05, 3.63) is 82.3 Å². The molecule has 0 spiro atoms. The molecular formula is C27H25BrN2O3. The molecule has 1 heterocycles. The molecule has 1 amide bonds. The Morgan fingerprint density at radius 3 is 2.82 bits per heavy atom. The molecule has 1 unspecified atom stereocenters. The summed E-state index contributed by atoms with van der Waals surface area (Å²) >= 11 is 3.44. The lowest BCUT2D eigenvalue weighted by atomic mass is 9.98. The van der Waals surface area contributed by atoms with Crippen LogP contribution in [0.5, 0.6) is 5.75 Å². The lowest BCUT2D eigenvalue weighted by molar-refractivity contribution is -0.111. The molecule has 0 saturated carbocycles. The molecule has 6 heteroatoms. The fraction of sp³-hybridized carbons (Fsp3) is 0.185. The van der Waals surface area contributed by atoms with E-state index in [1.807, 2.05) is 48.5 Å². The van der Waals surface area contributed by atoms with Gasteiger partial charge in [-0.1, -0.05) is 41.9 Å². The topological polar surface area (TPSA) is 64.4 Å². The molecule has 1 atom stereocenters. The molecule has 0 fully saturated rings. The van der Waals surface area contributed by atoms with E-state index in [0.29, 0.717) is 23.2 Å². The third kappa shape index (κ3) is 5.34.